The molecule has 1 amide bonds. The maximum Gasteiger partial charge on any atom is 0.305 e. The van der Waals surface area contributed by atoms with Crippen LogP contribution in [-0.2, 0) is 20.7 Å². The third-order valence-corrected chi connectivity index (χ3v) is 4.46. The lowest BCUT2D eigenvalue weighted by Gasteiger charge is -2.23. The van der Waals surface area contributed by atoms with Crippen LogP contribution in [0, 0.1) is 0 Å². The van der Waals surface area contributed by atoms with Crippen LogP contribution in [0.25, 0.3) is 10.9 Å². The van der Waals surface area contributed by atoms with Crippen LogP contribution < -0.4 is 0 Å². The minimum absolute atomic E-state index is 0.0422. The van der Waals surface area contributed by atoms with Crippen molar-refractivity contribution in [2.45, 2.75) is 31.4 Å². The number of methoxy groups -OCH3 is 1. The van der Waals surface area contributed by atoms with Gasteiger partial charge in [-0.15, -0.1) is 0 Å². The van der Waals surface area contributed by atoms with Crippen molar-refractivity contribution >= 4 is 22.8 Å². The zero-order chi connectivity index (χ0) is 16.4. The number of hydrogen-bond acceptors (Lipinski definition) is 3. The summed E-state index contributed by atoms with van der Waals surface area (Å²) >= 11 is 0. The molecule has 0 spiro atoms. The van der Waals surface area contributed by atoms with Gasteiger partial charge < -0.3 is 19.7 Å². The molecule has 0 saturated carbocycles. The van der Waals surface area contributed by atoms with Crippen LogP contribution >= 0.6 is 0 Å². The highest BCUT2D eigenvalue weighted by Crippen LogP contribution is 2.25. The van der Waals surface area contributed by atoms with Crippen LogP contribution in [0.1, 0.15) is 18.4 Å². The second-order valence-electron chi connectivity index (χ2n) is 5.93. The van der Waals surface area contributed by atoms with Crippen molar-refractivity contribution in [2.75, 3.05) is 13.7 Å². The molecule has 3 rings (SSSR count). The molecule has 2 N–H and O–H groups in total. The summed E-state index contributed by atoms with van der Waals surface area (Å²) in [6, 6.07) is 7.53. The second-order valence-corrected chi connectivity index (χ2v) is 5.93. The molecule has 1 saturated heterocycles. The lowest BCUT2D eigenvalue weighted by molar-refractivity contribution is -0.139. The number of carboxylic acid groups (broad SMARTS) is 1. The lowest BCUT2D eigenvalue weighted by atomic mass is 10.1. The van der Waals surface area contributed by atoms with Gasteiger partial charge in [0.15, 0.2) is 0 Å². The maximum atomic E-state index is 12.7. The molecular formula is C17H20N2O4. The number of carbonyl (C=O) groups is 2. The standard InChI is InChI=1S/C17H20N2O4/c1-23-13-7-12(8-17(21)22)19(10-13)16(20)6-11-9-18-15-5-3-2-4-14(11)15/h2-5,9,12-13,18H,6-8,10H2,1H3,(H,21,22). The topological polar surface area (TPSA) is 82.6 Å². The van der Waals surface area contributed by atoms with Crippen LogP contribution in [0.3, 0.4) is 0 Å². The number of para-hydroxylation sites is 1. The number of carboxylic acids is 1. The summed E-state index contributed by atoms with van der Waals surface area (Å²) in [6.45, 7) is 0.454. The Balaban J connectivity index is 1.77. The molecule has 122 valence electrons. The van der Waals surface area contributed by atoms with E-state index in [1.54, 1.807) is 12.0 Å². The SMILES string of the molecule is COC1CC(CC(=O)O)N(C(=O)Cc2c[nH]c3ccccc23)C1. The number of aromatic nitrogens is 1. The zero-order valence-corrected chi connectivity index (χ0v) is 13.0. The maximum absolute atomic E-state index is 12.7. The summed E-state index contributed by atoms with van der Waals surface area (Å²) in [7, 11) is 1.59. The normalized spacial score (nSPS) is 21.0. The molecule has 1 fully saturated rings. The Morgan fingerprint density at radius 2 is 2.17 bits per heavy atom. The van der Waals surface area contributed by atoms with Gasteiger partial charge in [-0.05, 0) is 18.1 Å². The van der Waals surface area contributed by atoms with Crippen molar-refractivity contribution in [3.8, 4) is 0 Å². The predicted molar refractivity (Wildman–Crippen MR) is 85.2 cm³/mol. The Hall–Kier alpha value is -2.34. The van der Waals surface area contributed by atoms with Crippen LogP contribution in [-0.4, -0.2) is 52.7 Å². The van der Waals surface area contributed by atoms with Gasteiger partial charge in [-0.1, -0.05) is 18.2 Å². The number of rotatable bonds is 5. The third kappa shape index (κ3) is 3.22. The molecule has 1 aliphatic heterocycles. The number of amides is 1. The van der Waals surface area contributed by atoms with Gasteiger partial charge in [0.1, 0.15) is 0 Å². The highest BCUT2D eigenvalue weighted by atomic mass is 16.5. The summed E-state index contributed by atoms with van der Waals surface area (Å²) < 4.78 is 5.32. The van der Waals surface area contributed by atoms with E-state index < -0.39 is 5.97 Å². The van der Waals surface area contributed by atoms with E-state index in [1.807, 2.05) is 30.5 Å². The number of H-pyrrole nitrogens is 1. The molecule has 6 heteroatoms. The Morgan fingerprint density at radius 1 is 1.39 bits per heavy atom. The Morgan fingerprint density at radius 3 is 2.91 bits per heavy atom. The molecule has 2 aromatic rings. The highest BCUT2D eigenvalue weighted by molar-refractivity contribution is 5.89. The van der Waals surface area contributed by atoms with Gasteiger partial charge in [0.2, 0.25) is 5.91 Å². The van der Waals surface area contributed by atoms with E-state index in [1.165, 1.54) is 0 Å². The lowest BCUT2D eigenvalue weighted by Crippen LogP contribution is -2.38. The fourth-order valence-electron chi connectivity index (χ4n) is 3.29. The summed E-state index contributed by atoms with van der Waals surface area (Å²) in [5.74, 6) is -0.947. The van der Waals surface area contributed by atoms with Gasteiger partial charge in [0.05, 0.1) is 18.9 Å². The quantitative estimate of drug-likeness (QED) is 0.881. The van der Waals surface area contributed by atoms with E-state index in [0.29, 0.717) is 13.0 Å². The van der Waals surface area contributed by atoms with Gasteiger partial charge in [-0.25, -0.2) is 0 Å². The van der Waals surface area contributed by atoms with E-state index in [9.17, 15) is 9.59 Å². The molecule has 2 heterocycles. The van der Waals surface area contributed by atoms with Crippen molar-refractivity contribution in [1.29, 1.82) is 0 Å². The second kappa shape index (κ2) is 6.42. The average molecular weight is 316 g/mol. The smallest absolute Gasteiger partial charge is 0.305 e. The molecule has 23 heavy (non-hydrogen) atoms. The van der Waals surface area contributed by atoms with E-state index in [2.05, 4.69) is 4.98 Å². The fourth-order valence-corrected chi connectivity index (χ4v) is 3.29. The summed E-state index contributed by atoms with van der Waals surface area (Å²) in [4.78, 5) is 28.5. The number of aliphatic carboxylic acids is 1. The van der Waals surface area contributed by atoms with E-state index >= 15 is 0 Å². The zero-order valence-electron chi connectivity index (χ0n) is 13.0. The van der Waals surface area contributed by atoms with Crippen molar-refractivity contribution in [3.05, 3.63) is 36.0 Å². The summed E-state index contributed by atoms with van der Waals surface area (Å²) in [5.41, 5.74) is 1.93. The first-order chi connectivity index (χ1) is 11.1. The number of ether oxygens (including phenoxy) is 1. The number of fused-ring (bicyclic) bond motifs is 1. The van der Waals surface area contributed by atoms with Crippen molar-refractivity contribution in [3.63, 3.8) is 0 Å². The Labute approximate surface area is 134 Å². The number of hydrogen-bond donors (Lipinski definition) is 2. The number of nitrogens with zero attached hydrogens (tertiary/aromatic N) is 1. The first-order valence-electron chi connectivity index (χ1n) is 7.67. The first kappa shape index (κ1) is 15.6. The molecule has 0 aliphatic carbocycles. The summed E-state index contributed by atoms with van der Waals surface area (Å²) in [5, 5.41) is 10.1. The Kier molecular flexibility index (Phi) is 4.34. The molecular weight excluding hydrogens is 296 g/mol. The molecule has 1 aliphatic rings. The molecule has 1 aromatic carbocycles. The van der Waals surface area contributed by atoms with E-state index in [-0.39, 0.29) is 30.9 Å². The molecule has 0 radical (unpaired) electrons. The van der Waals surface area contributed by atoms with E-state index in [4.69, 9.17) is 9.84 Å². The Bertz CT molecular complexity index is 724. The van der Waals surface area contributed by atoms with Gasteiger partial charge in [-0.2, -0.15) is 0 Å². The van der Waals surface area contributed by atoms with Gasteiger partial charge in [0, 0.05) is 36.8 Å². The van der Waals surface area contributed by atoms with E-state index in [0.717, 1.165) is 16.5 Å². The largest absolute Gasteiger partial charge is 0.481 e. The average Bonchev–Trinajstić information content (AvgIpc) is 3.11. The third-order valence-electron chi connectivity index (χ3n) is 4.46. The first-order valence-corrected chi connectivity index (χ1v) is 7.67. The molecule has 2 unspecified atom stereocenters. The van der Waals surface area contributed by atoms with Crippen molar-refractivity contribution in [1.82, 2.24) is 9.88 Å². The van der Waals surface area contributed by atoms with Crippen molar-refractivity contribution < 1.29 is 19.4 Å². The van der Waals surface area contributed by atoms with Gasteiger partial charge in [0.25, 0.3) is 0 Å². The van der Waals surface area contributed by atoms with Crippen LogP contribution in [0.4, 0.5) is 0 Å². The fraction of sp³-hybridized carbons (Fsp3) is 0.412. The number of aromatic amines is 1. The molecule has 2 atom stereocenters. The monoisotopic (exact) mass is 316 g/mol. The number of carbonyl (C=O) groups excluding carboxylic acids is 1. The number of nitrogens with one attached hydrogen (secondary N) is 1. The predicted octanol–water partition coefficient (Wildman–Crippen LogP) is 1.80. The van der Waals surface area contributed by atoms with Crippen LogP contribution in [0.2, 0.25) is 0 Å². The molecule has 6 nitrogen and oxygen atoms in total. The van der Waals surface area contributed by atoms with Crippen LogP contribution in [0.5, 0.6) is 0 Å². The van der Waals surface area contributed by atoms with Crippen LogP contribution in [0.15, 0.2) is 30.5 Å². The van der Waals surface area contributed by atoms with Gasteiger partial charge in [-0.3, -0.25) is 9.59 Å². The highest BCUT2D eigenvalue weighted by Gasteiger charge is 2.36. The minimum Gasteiger partial charge on any atom is -0.481 e. The number of likely N-dealkylation sites (tertiary alicyclic amines) is 1. The van der Waals surface area contributed by atoms with Crippen molar-refractivity contribution in [2.24, 2.45) is 0 Å². The number of benzene rings is 1. The molecule has 1 aromatic heterocycles. The molecule has 0 bridgehead atoms. The van der Waals surface area contributed by atoms with Gasteiger partial charge >= 0.3 is 5.97 Å². The minimum atomic E-state index is -0.892. The summed E-state index contributed by atoms with van der Waals surface area (Å²) in [6.07, 6.45) is 2.54.